The highest BCUT2D eigenvalue weighted by Crippen LogP contribution is 2.23. The Bertz CT molecular complexity index is 724. The Morgan fingerprint density at radius 2 is 1.73 bits per heavy atom. The molecule has 0 aliphatic rings. The van der Waals surface area contributed by atoms with Gasteiger partial charge in [-0.1, -0.05) is 11.6 Å². The maximum absolute atomic E-state index is 13.5. The summed E-state index contributed by atoms with van der Waals surface area (Å²) in [6.45, 7) is -0.0146. The highest BCUT2D eigenvalue weighted by Gasteiger charge is 2.10. The fourth-order valence-electron chi connectivity index (χ4n) is 1.91. The van der Waals surface area contributed by atoms with E-state index < -0.39 is 28.3 Å². The third-order valence-corrected chi connectivity index (χ3v) is 4.06. The lowest BCUT2D eigenvalue weighted by Gasteiger charge is -2.10. The van der Waals surface area contributed by atoms with E-state index in [1.807, 2.05) is 0 Å². The third kappa shape index (κ3) is 4.24. The lowest BCUT2D eigenvalue weighted by molar-refractivity contribution is 0.490. The number of hydrogen-bond donors (Lipinski definition) is 1. The van der Waals surface area contributed by atoms with Crippen molar-refractivity contribution in [1.29, 1.82) is 0 Å². The van der Waals surface area contributed by atoms with Crippen molar-refractivity contribution in [1.82, 2.24) is 0 Å². The minimum atomic E-state index is -1.22. The molecule has 22 heavy (non-hydrogen) atoms. The van der Waals surface area contributed by atoms with Crippen LogP contribution < -0.4 is 5.32 Å². The van der Waals surface area contributed by atoms with E-state index >= 15 is 0 Å². The number of rotatable bonds is 5. The first-order chi connectivity index (χ1) is 10.4. The summed E-state index contributed by atoms with van der Waals surface area (Å²) in [7, 11) is -1.05. The van der Waals surface area contributed by atoms with E-state index in [4.69, 9.17) is 11.6 Å². The summed E-state index contributed by atoms with van der Waals surface area (Å²) in [6.07, 6.45) is 1.56. The van der Waals surface area contributed by atoms with Crippen molar-refractivity contribution in [3.05, 3.63) is 63.9 Å². The SMILES string of the molecule is C[S@@](=O)Cc1cc(NCc2cc(F)c(F)cc2F)ccc1Cl. The maximum atomic E-state index is 13.5. The van der Waals surface area contributed by atoms with Crippen molar-refractivity contribution in [3.63, 3.8) is 0 Å². The van der Waals surface area contributed by atoms with E-state index in [1.54, 1.807) is 24.5 Å². The normalized spacial score (nSPS) is 12.2. The average molecular weight is 348 g/mol. The molecule has 0 amide bonds. The number of benzene rings is 2. The van der Waals surface area contributed by atoms with Crippen molar-refractivity contribution in [2.75, 3.05) is 11.6 Å². The second-order valence-electron chi connectivity index (χ2n) is 4.73. The summed E-state index contributed by atoms with van der Waals surface area (Å²) in [5.74, 6) is -2.85. The van der Waals surface area contributed by atoms with Gasteiger partial charge in [0.25, 0.3) is 0 Å². The third-order valence-electron chi connectivity index (χ3n) is 2.98. The number of nitrogens with one attached hydrogen (secondary N) is 1. The minimum absolute atomic E-state index is 0.00877. The van der Waals surface area contributed by atoms with Crippen LogP contribution in [0.25, 0.3) is 0 Å². The average Bonchev–Trinajstić information content (AvgIpc) is 2.44. The summed E-state index contributed by atoms with van der Waals surface area (Å²) in [4.78, 5) is 0. The van der Waals surface area contributed by atoms with Crippen LogP contribution in [-0.2, 0) is 23.1 Å². The van der Waals surface area contributed by atoms with Gasteiger partial charge in [-0.05, 0) is 29.8 Å². The Balaban J connectivity index is 2.15. The summed E-state index contributed by atoms with van der Waals surface area (Å²) in [6, 6.07) is 6.33. The molecular formula is C15H13ClF3NOS. The van der Waals surface area contributed by atoms with Gasteiger partial charge < -0.3 is 5.32 Å². The van der Waals surface area contributed by atoms with Crippen LogP contribution in [-0.4, -0.2) is 10.5 Å². The zero-order valence-corrected chi connectivity index (χ0v) is 13.2. The first kappa shape index (κ1) is 16.8. The van der Waals surface area contributed by atoms with Crippen LogP contribution in [0.5, 0.6) is 0 Å². The Kier molecular flexibility index (Phi) is 5.47. The van der Waals surface area contributed by atoms with E-state index in [0.717, 1.165) is 6.07 Å². The van der Waals surface area contributed by atoms with Crippen molar-refractivity contribution in [2.24, 2.45) is 0 Å². The van der Waals surface area contributed by atoms with Gasteiger partial charge in [-0.15, -0.1) is 0 Å². The van der Waals surface area contributed by atoms with Crippen molar-refractivity contribution in [3.8, 4) is 0 Å². The lowest BCUT2D eigenvalue weighted by atomic mass is 10.1. The predicted octanol–water partition coefficient (Wildman–Crippen LogP) is 4.25. The van der Waals surface area contributed by atoms with E-state index in [9.17, 15) is 17.4 Å². The first-order valence-electron chi connectivity index (χ1n) is 6.32. The van der Waals surface area contributed by atoms with Gasteiger partial charge in [-0.2, -0.15) is 0 Å². The van der Waals surface area contributed by atoms with Gasteiger partial charge in [-0.3, -0.25) is 4.21 Å². The number of halogens is 4. The zero-order chi connectivity index (χ0) is 16.3. The van der Waals surface area contributed by atoms with Gasteiger partial charge in [0.15, 0.2) is 11.6 Å². The molecule has 0 heterocycles. The van der Waals surface area contributed by atoms with Gasteiger partial charge >= 0.3 is 0 Å². The van der Waals surface area contributed by atoms with Crippen LogP contribution in [0.4, 0.5) is 18.9 Å². The molecule has 0 bridgehead atoms. The molecule has 0 fully saturated rings. The minimum Gasteiger partial charge on any atom is -0.381 e. The molecule has 1 N–H and O–H groups in total. The molecule has 0 aliphatic carbocycles. The van der Waals surface area contributed by atoms with Gasteiger partial charge in [0.2, 0.25) is 0 Å². The smallest absolute Gasteiger partial charge is 0.161 e. The molecule has 0 unspecified atom stereocenters. The van der Waals surface area contributed by atoms with Crippen LogP contribution in [0.15, 0.2) is 30.3 Å². The maximum Gasteiger partial charge on any atom is 0.161 e. The van der Waals surface area contributed by atoms with Crippen LogP contribution >= 0.6 is 11.6 Å². The lowest BCUT2D eigenvalue weighted by Crippen LogP contribution is -2.04. The monoisotopic (exact) mass is 347 g/mol. The molecule has 2 nitrogen and oxygen atoms in total. The van der Waals surface area contributed by atoms with E-state index in [1.165, 1.54) is 0 Å². The van der Waals surface area contributed by atoms with E-state index in [2.05, 4.69) is 5.32 Å². The molecule has 0 spiro atoms. The molecule has 118 valence electrons. The molecule has 2 aromatic carbocycles. The summed E-state index contributed by atoms with van der Waals surface area (Å²) < 4.78 is 50.8. The van der Waals surface area contributed by atoms with Crippen LogP contribution in [0.2, 0.25) is 5.02 Å². The number of hydrogen-bond acceptors (Lipinski definition) is 2. The standard InChI is InChI=1S/C15H13ClF3NOS/c1-22(21)8-10-4-11(2-3-12(10)16)20-7-9-5-14(18)15(19)6-13(9)17/h2-6,20H,7-8H2,1H3/t22-/m1/s1. The molecule has 0 aliphatic heterocycles. The van der Waals surface area contributed by atoms with Gasteiger partial charge in [-0.25, -0.2) is 13.2 Å². The Labute approximate surface area is 133 Å². The quantitative estimate of drug-likeness (QED) is 0.819. The van der Waals surface area contributed by atoms with Crippen molar-refractivity contribution in [2.45, 2.75) is 12.3 Å². The first-order valence-corrected chi connectivity index (χ1v) is 8.43. The Hall–Kier alpha value is -1.53. The Morgan fingerprint density at radius 3 is 2.41 bits per heavy atom. The van der Waals surface area contributed by atoms with Gasteiger partial charge in [0.05, 0.1) is 0 Å². The largest absolute Gasteiger partial charge is 0.381 e. The highest BCUT2D eigenvalue weighted by atomic mass is 35.5. The topological polar surface area (TPSA) is 29.1 Å². The van der Waals surface area contributed by atoms with Crippen LogP contribution in [0.1, 0.15) is 11.1 Å². The molecule has 0 saturated heterocycles. The zero-order valence-electron chi connectivity index (χ0n) is 11.6. The van der Waals surface area contributed by atoms with Crippen LogP contribution in [0, 0.1) is 17.5 Å². The predicted molar refractivity (Wildman–Crippen MR) is 82.9 cm³/mol. The van der Waals surface area contributed by atoms with Crippen molar-refractivity contribution >= 4 is 28.1 Å². The van der Waals surface area contributed by atoms with E-state index in [-0.39, 0.29) is 12.1 Å². The second-order valence-corrected chi connectivity index (χ2v) is 6.58. The van der Waals surface area contributed by atoms with E-state index in [0.29, 0.717) is 28.1 Å². The number of anilines is 1. The molecule has 2 aromatic rings. The van der Waals surface area contributed by atoms with Gasteiger partial charge in [0, 0.05) is 51.7 Å². The molecule has 1 atom stereocenters. The van der Waals surface area contributed by atoms with Gasteiger partial charge in [0.1, 0.15) is 5.82 Å². The molecule has 0 radical (unpaired) electrons. The highest BCUT2D eigenvalue weighted by molar-refractivity contribution is 7.83. The molecular weight excluding hydrogens is 335 g/mol. The summed E-state index contributed by atoms with van der Waals surface area (Å²) in [5.41, 5.74) is 1.32. The second kappa shape index (κ2) is 7.15. The summed E-state index contributed by atoms with van der Waals surface area (Å²) >= 11 is 6.01. The fourth-order valence-corrected chi connectivity index (χ4v) is 2.85. The fraction of sp³-hybridized carbons (Fsp3) is 0.200. The van der Waals surface area contributed by atoms with Crippen LogP contribution in [0.3, 0.4) is 0 Å². The molecule has 0 aromatic heterocycles. The Morgan fingerprint density at radius 1 is 1.05 bits per heavy atom. The summed E-state index contributed by atoms with van der Waals surface area (Å²) in [5, 5.41) is 3.39. The van der Waals surface area contributed by atoms with Crippen molar-refractivity contribution < 1.29 is 17.4 Å². The molecule has 7 heteroatoms. The molecule has 2 rings (SSSR count). The molecule has 0 saturated carbocycles.